The fourth-order valence-corrected chi connectivity index (χ4v) is 2.79. The molecule has 100 valence electrons. The lowest BCUT2D eigenvalue weighted by atomic mass is 10.1. The summed E-state index contributed by atoms with van der Waals surface area (Å²) in [4.78, 5) is 6.73. The van der Waals surface area contributed by atoms with Gasteiger partial charge in [-0.05, 0) is 50.7 Å². The molecule has 4 nitrogen and oxygen atoms in total. The smallest absolute Gasteiger partial charge is 0.0724 e. The Bertz CT molecular complexity index is 581. The Balaban J connectivity index is 1.79. The van der Waals surface area contributed by atoms with Gasteiger partial charge in [0.05, 0.1) is 16.9 Å². The minimum Gasteiger partial charge on any atom is -0.397 e. The number of hydrogen-bond donors (Lipinski definition) is 2. The van der Waals surface area contributed by atoms with Crippen molar-refractivity contribution >= 4 is 22.3 Å². The van der Waals surface area contributed by atoms with Gasteiger partial charge in [0.15, 0.2) is 0 Å². The van der Waals surface area contributed by atoms with E-state index in [4.69, 9.17) is 5.73 Å². The topological polar surface area (TPSA) is 54.2 Å². The highest BCUT2D eigenvalue weighted by Crippen LogP contribution is 2.27. The molecule has 1 aromatic carbocycles. The average molecular weight is 256 g/mol. The van der Waals surface area contributed by atoms with Crippen molar-refractivity contribution in [2.45, 2.75) is 18.9 Å². The number of likely N-dealkylation sites (tertiary alicyclic amines) is 1. The van der Waals surface area contributed by atoms with Gasteiger partial charge in [-0.15, -0.1) is 0 Å². The van der Waals surface area contributed by atoms with E-state index in [0.717, 1.165) is 28.8 Å². The average Bonchev–Trinajstić information content (AvgIpc) is 2.84. The maximum absolute atomic E-state index is 6.22. The molecule has 0 radical (unpaired) electrons. The van der Waals surface area contributed by atoms with Crippen LogP contribution in [-0.2, 0) is 0 Å². The monoisotopic (exact) mass is 256 g/mol. The number of nitrogen functional groups attached to an aromatic ring is 1. The highest BCUT2D eigenvalue weighted by atomic mass is 15.2. The molecule has 1 aromatic heterocycles. The lowest BCUT2D eigenvalue weighted by Crippen LogP contribution is -2.31. The highest BCUT2D eigenvalue weighted by molar-refractivity contribution is 5.96. The summed E-state index contributed by atoms with van der Waals surface area (Å²) in [5, 5.41) is 4.50. The van der Waals surface area contributed by atoms with Crippen LogP contribution < -0.4 is 11.1 Å². The number of nitrogens with two attached hydrogens (primary N) is 1. The molecule has 4 heteroatoms. The molecule has 0 spiro atoms. The van der Waals surface area contributed by atoms with E-state index in [2.05, 4.69) is 22.2 Å². The number of nitrogens with one attached hydrogen (secondary N) is 1. The third-order valence-corrected chi connectivity index (χ3v) is 4.03. The molecular formula is C15H20N4. The second-order valence-corrected chi connectivity index (χ2v) is 5.25. The molecule has 19 heavy (non-hydrogen) atoms. The number of nitrogens with zero attached hydrogens (tertiary/aromatic N) is 2. The van der Waals surface area contributed by atoms with Crippen molar-refractivity contribution in [2.24, 2.45) is 0 Å². The number of likely N-dealkylation sites (N-methyl/N-ethyl adjacent to an activating group) is 1. The van der Waals surface area contributed by atoms with Crippen LogP contribution in [0.4, 0.5) is 11.4 Å². The first-order valence-electron chi connectivity index (χ1n) is 6.83. The SMILES string of the molecule is CN1CCCC1CNc1ccc2ncccc2c1N. The molecule has 0 aliphatic carbocycles. The molecule has 1 aliphatic rings. The van der Waals surface area contributed by atoms with E-state index >= 15 is 0 Å². The number of fused-ring (bicyclic) bond motifs is 1. The number of pyridine rings is 1. The van der Waals surface area contributed by atoms with Crippen LogP contribution in [0.2, 0.25) is 0 Å². The summed E-state index contributed by atoms with van der Waals surface area (Å²) in [5.74, 6) is 0. The fraction of sp³-hybridized carbons (Fsp3) is 0.400. The lowest BCUT2D eigenvalue weighted by Gasteiger charge is -2.21. The van der Waals surface area contributed by atoms with E-state index in [1.807, 2.05) is 24.3 Å². The van der Waals surface area contributed by atoms with E-state index in [0.29, 0.717) is 6.04 Å². The highest BCUT2D eigenvalue weighted by Gasteiger charge is 2.20. The maximum Gasteiger partial charge on any atom is 0.0724 e. The number of rotatable bonds is 3. The van der Waals surface area contributed by atoms with Crippen molar-refractivity contribution < 1.29 is 0 Å². The first-order valence-corrected chi connectivity index (χ1v) is 6.83. The van der Waals surface area contributed by atoms with E-state index in [9.17, 15) is 0 Å². The fourth-order valence-electron chi connectivity index (χ4n) is 2.79. The molecule has 2 aromatic rings. The minimum atomic E-state index is 0.615. The van der Waals surface area contributed by atoms with Gasteiger partial charge in [0.2, 0.25) is 0 Å². The Morgan fingerprint density at radius 2 is 2.32 bits per heavy atom. The van der Waals surface area contributed by atoms with Crippen LogP contribution in [0.5, 0.6) is 0 Å². The summed E-state index contributed by atoms with van der Waals surface area (Å²) in [5.41, 5.74) is 8.98. The predicted molar refractivity (Wildman–Crippen MR) is 80.3 cm³/mol. The van der Waals surface area contributed by atoms with Gasteiger partial charge < -0.3 is 16.0 Å². The van der Waals surface area contributed by atoms with Gasteiger partial charge in [0, 0.05) is 24.2 Å². The molecule has 3 rings (SSSR count). The van der Waals surface area contributed by atoms with Crippen molar-refractivity contribution in [3.8, 4) is 0 Å². The van der Waals surface area contributed by atoms with E-state index < -0.39 is 0 Å². The Hall–Kier alpha value is -1.81. The Morgan fingerprint density at radius 1 is 1.42 bits per heavy atom. The molecule has 1 atom stereocenters. The van der Waals surface area contributed by atoms with Crippen molar-refractivity contribution in [1.29, 1.82) is 0 Å². The molecule has 0 saturated carbocycles. The van der Waals surface area contributed by atoms with Crippen LogP contribution in [0.15, 0.2) is 30.5 Å². The second-order valence-electron chi connectivity index (χ2n) is 5.25. The van der Waals surface area contributed by atoms with Gasteiger partial charge in [-0.25, -0.2) is 0 Å². The molecular weight excluding hydrogens is 236 g/mol. The Labute approximate surface area is 113 Å². The Morgan fingerprint density at radius 3 is 3.11 bits per heavy atom. The molecule has 1 unspecified atom stereocenters. The Kier molecular flexibility index (Phi) is 3.25. The van der Waals surface area contributed by atoms with Crippen molar-refractivity contribution in [3.63, 3.8) is 0 Å². The molecule has 1 saturated heterocycles. The summed E-state index contributed by atoms with van der Waals surface area (Å²) in [6, 6.07) is 8.60. The van der Waals surface area contributed by atoms with Crippen LogP contribution in [0.1, 0.15) is 12.8 Å². The van der Waals surface area contributed by atoms with Gasteiger partial charge in [-0.3, -0.25) is 4.98 Å². The summed E-state index contributed by atoms with van der Waals surface area (Å²) in [6.07, 6.45) is 4.35. The van der Waals surface area contributed by atoms with Crippen LogP contribution >= 0.6 is 0 Å². The van der Waals surface area contributed by atoms with Gasteiger partial charge in [-0.2, -0.15) is 0 Å². The molecule has 2 heterocycles. The van der Waals surface area contributed by atoms with Crippen LogP contribution in [0, 0.1) is 0 Å². The summed E-state index contributed by atoms with van der Waals surface area (Å²) >= 11 is 0. The molecule has 1 aliphatic heterocycles. The summed E-state index contributed by atoms with van der Waals surface area (Å²) < 4.78 is 0. The van der Waals surface area contributed by atoms with Gasteiger partial charge in [0.25, 0.3) is 0 Å². The maximum atomic E-state index is 6.22. The molecule has 0 bridgehead atoms. The van der Waals surface area contributed by atoms with E-state index in [1.54, 1.807) is 6.20 Å². The zero-order chi connectivity index (χ0) is 13.2. The molecule has 3 N–H and O–H groups in total. The first-order chi connectivity index (χ1) is 9.25. The van der Waals surface area contributed by atoms with Crippen LogP contribution in [0.25, 0.3) is 10.9 Å². The van der Waals surface area contributed by atoms with Crippen LogP contribution in [-0.4, -0.2) is 36.1 Å². The zero-order valence-corrected chi connectivity index (χ0v) is 11.3. The number of benzene rings is 1. The van der Waals surface area contributed by atoms with Crippen molar-refractivity contribution in [1.82, 2.24) is 9.88 Å². The standard InChI is InChI=1S/C15H20N4/c1-19-9-3-4-11(19)10-18-14-7-6-13-12(15(14)16)5-2-8-17-13/h2,5-8,11,18H,3-4,9-10,16H2,1H3. The number of hydrogen-bond acceptors (Lipinski definition) is 4. The summed E-state index contributed by atoms with van der Waals surface area (Å²) in [6.45, 7) is 2.15. The predicted octanol–water partition coefficient (Wildman–Crippen LogP) is 2.32. The van der Waals surface area contributed by atoms with Crippen LogP contribution in [0.3, 0.4) is 0 Å². The first kappa shape index (κ1) is 12.2. The van der Waals surface area contributed by atoms with Crippen molar-refractivity contribution in [2.75, 3.05) is 31.2 Å². The minimum absolute atomic E-state index is 0.615. The van der Waals surface area contributed by atoms with E-state index in [-0.39, 0.29) is 0 Å². The number of anilines is 2. The van der Waals surface area contributed by atoms with Gasteiger partial charge in [0.1, 0.15) is 0 Å². The molecule has 0 amide bonds. The van der Waals surface area contributed by atoms with Gasteiger partial charge in [-0.1, -0.05) is 0 Å². The third kappa shape index (κ3) is 2.36. The molecule has 1 fully saturated rings. The van der Waals surface area contributed by atoms with Gasteiger partial charge >= 0.3 is 0 Å². The van der Waals surface area contributed by atoms with Crippen molar-refractivity contribution in [3.05, 3.63) is 30.5 Å². The second kappa shape index (κ2) is 5.05. The zero-order valence-electron chi connectivity index (χ0n) is 11.3. The van der Waals surface area contributed by atoms with E-state index in [1.165, 1.54) is 19.4 Å². The summed E-state index contributed by atoms with van der Waals surface area (Å²) in [7, 11) is 2.19. The lowest BCUT2D eigenvalue weighted by molar-refractivity contribution is 0.322. The normalized spacial score (nSPS) is 19.9. The quantitative estimate of drug-likeness (QED) is 0.828. The number of aromatic nitrogens is 1. The largest absolute Gasteiger partial charge is 0.397 e. The third-order valence-electron chi connectivity index (χ3n) is 4.03.